The maximum atomic E-state index is 12.9. The van der Waals surface area contributed by atoms with Crippen molar-refractivity contribution in [1.82, 2.24) is 10.2 Å². The van der Waals surface area contributed by atoms with Gasteiger partial charge in [0, 0.05) is 35.0 Å². The zero-order valence-electron chi connectivity index (χ0n) is 17.8. The van der Waals surface area contributed by atoms with E-state index < -0.39 is 0 Å². The van der Waals surface area contributed by atoms with Crippen molar-refractivity contribution in [3.63, 3.8) is 0 Å². The molecule has 0 bridgehead atoms. The molecule has 0 saturated carbocycles. The first kappa shape index (κ1) is 20.9. The Hall–Kier alpha value is -2.34. The molecule has 0 radical (unpaired) electrons. The Morgan fingerprint density at radius 1 is 1.17 bits per heavy atom. The number of hydrogen-bond donors (Lipinski definition) is 1. The zero-order chi connectivity index (χ0) is 21.1. The van der Waals surface area contributed by atoms with Gasteiger partial charge in [0.05, 0.1) is 12.2 Å². The van der Waals surface area contributed by atoms with E-state index in [-0.39, 0.29) is 17.9 Å². The summed E-state index contributed by atoms with van der Waals surface area (Å²) in [5.74, 6) is 1.59. The Kier molecular flexibility index (Phi) is 6.42. The van der Waals surface area contributed by atoms with Crippen LogP contribution in [0.15, 0.2) is 29.6 Å². The number of benzene rings is 1. The second kappa shape index (κ2) is 9.21. The standard InChI is InChI=1S/C24H30N2O3S/c1-3-29-19-7-5-17(6-8-19)24(28)26-12-10-18(11-13-26)25-23(27)21-15-30-22-14-16(2)4-9-20(21)22/h5-8,15-16,18H,3-4,9-14H2,1-2H3,(H,25,27). The highest BCUT2D eigenvalue weighted by Gasteiger charge is 2.27. The van der Waals surface area contributed by atoms with Gasteiger partial charge in [0.1, 0.15) is 5.75 Å². The first-order valence-electron chi connectivity index (χ1n) is 11.0. The van der Waals surface area contributed by atoms with Crippen molar-refractivity contribution in [2.24, 2.45) is 5.92 Å². The molecule has 1 fully saturated rings. The third kappa shape index (κ3) is 4.53. The summed E-state index contributed by atoms with van der Waals surface area (Å²) < 4.78 is 5.44. The van der Waals surface area contributed by atoms with Gasteiger partial charge in [-0.2, -0.15) is 0 Å². The highest BCUT2D eigenvalue weighted by Crippen LogP contribution is 2.33. The smallest absolute Gasteiger partial charge is 0.253 e. The molecule has 2 aliphatic rings. The summed E-state index contributed by atoms with van der Waals surface area (Å²) in [6, 6.07) is 7.45. The van der Waals surface area contributed by atoms with Gasteiger partial charge >= 0.3 is 0 Å². The fourth-order valence-electron chi connectivity index (χ4n) is 4.40. The average molecular weight is 427 g/mol. The number of fused-ring (bicyclic) bond motifs is 1. The monoisotopic (exact) mass is 426 g/mol. The van der Waals surface area contributed by atoms with Gasteiger partial charge in [0.25, 0.3) is 11.8 Å². The van der Waals surface area contributed by atoms with Crippen molar-refractivity contribution in [3.05, 3.63) is 51.2 Å². The van der Waals surface area contributed by atoms with Crippen LogP contribution in [0.4, 0.5) is 0 Å². The van der Waals surface area contributed by atoms with Gasteiger partial charge in [-0.1, -0.05) is 6.92 Å². The minimum atomic E-state index is 0.0452. The molecule has 1 atom stereocenters. The van der Waals surface area contributed by atoms with Crippen LogP contribution in [0.25, 0.3) is 0 Å². The number of carbonyl (C=O) groups is 2. The van der Waals surface area contributed by atoms with E-state index in [1.54, 1.807) is 11.3 Å². The van der Waals surface area contributed by atoms with E-state index in [2.05, 4.69) is 12.2 Å². The molecule has 160 valence electrons. The third-order valence-electron chi connectivity index (χ3n) is 6.18. The SMILES string of the molecule is CCOc1ccc(C(=O)N2CCC(NC(=O)c3csc4c3CCC(C)C4)CC2)cc1. The molecule has 1 aliphatic heterocycles. The number of nitrogens with zero attached hydrogens (tertiary/aromatic N) is 1. The first-order chi connectivity index (χ1) is 14.5. The summed E-state index contributed by atoms with van der Waals surface area (Å²) in [4.78, 5) is 28.9. The van der Waals surface area contributed by atoms with Crippen LogP contribution in [-0.2, 0) is 12.8 Å². The molecule has 30 heavy (non-hydrogen) atoms. The van der Waals surface area contributed by atoms with Crippen LogP contribution in [0.2, 0.25) is 0 Å². The van der Waals surface area contributed by atoms with Crippen molar-refractivity contribution < 1.29 is 14.3 Å². The minimum Gasteiger partial charge on any atom is -0.494 e. The van der Waals surface area contributed by atoms with E-state index >= 15 is 0 Å². The Labute approximate surface area is 182 Å². The second-order valence-electron chi connectivity index (χ2n) is 8.40. The van der Waals surface area contributed by atoms with E-state index in [1.807, 2.05) is 41.5 Å². The molecule has 2 heterocycles. The summed E-state index contributed by atoms with van der Waals surface area (Å²) >= 11 is 1.73. The number of nitrogens with one attached hydrogen (secondary N) is 1. The van der Waals surface area contributed by atoms with Crippen molar-refractivity contribution in [2.45, 2.75) is 52.0 Å². The lowest BCUT2D eigenvalue weighted by Crippen LogP contribution is -2.46. The molecule has 1 saturated heterocycles. The average Bonchev–Trinajstić information content (AvgIpc) is 3.18. The molecule has 4 rings (SSSR count). The van der Waals surface area contributed by atoms with E-state index in [1.165, 1.54) is 10.4 Å². The maximum Gasteiger partial charge on any atom is 0.253 e. The number of piperidine rings is 1. The van der Waals surface area contributed by atoms with Crippen LogP contribution >= 0.6 is 11.3 Å². The number of likely N-dealkylation sites (tertiary alicyclic amines) is 1. The molecular weight excluding hydrogens is 396 g/mol. The highest BCUT2D eigenvalue weighted by atomic mass is 32.1. The normalized spacial score (nSPS) is 19.3. The number of hydrogen-bond acceptors (Lipinski definition) is 4. The predicted octanol–water partition coefficient (Wildman–Crippen LogP) is 4.31. The summed E-state index contributed by atoms with van der Waals surface area (Å²) in [6.45, 7) is 6.16. The van der Waals surface area contributed by atoms with Gasteiger partial charge in [0.15, 0.2) is 0 Å². The van der Waals surface area contributed by atoms with Crippen LogP contribution in [0.1, 0.15) is 64.3 Å². The molecule has 0 spiro atoms. The van der Waals surface area contributed by atoms with Gasteiger partial charge < -0.3 is 15.0 Å². The number of ether oxygens (including phenoxy) is 1. The van der Waals surface area contributed by atoms with Gasteiger partial charge in [-0.05, 0) is 74.8 Å². The molecule has 2 aromatic rings. The lowest BCUT2D eigenvalue weighted by Gasteiger charge is -2.32. The molecule has 1 aliphatic carbocycles. The molecule has 5 nitrogen and oxygen atoms in total. The quantitative estimate of drug-likeness (QED) is 0.775. The fourth-order valence-corrected chi connectivity index (χ4v) is 5.65. The topological polar surface area (TPSA) is 58.6 Å². The van der Waals surface area contributed by atoms with Crippen LogP contribution < -0.4 is 10.1 Å². The van der Waals surface area contributed by atoms with Crippen LogP contribution in [-0.4, -0.2) is 42.5 Å². The fraction of sp³-hybridized carbons (Fsp3) is 0.500. The Morgan fingerprint density at radius 2 is 1.90 bits per heavy atom. The maximum absolute atomic E-state index is 12.9. The van der Waals surface area contributed by atoms with Crippen molar-refractivity contribution >= 4 is 23.2 Å². The molecule has 6 heteroatoms. The number of rotatable bonds is 5. The van der Waals surface area contributed by atoms with Gasteiger partial charge in [0.2, 0.25) is 0 Å². The summed E-state index contributed by atoms with van der Waals surface area (Å²) in [5.41, 5.74) is 2.81. The summed E-state index contributed by atoms with van der Waals surface area (Å²) in [7, 11) is 0. The van der Waals surface area contributed by atoms with E-state index in [0.29, 0.717) is 31.2 Å². The molecule has 2 amide bonds. The number of thiophene rings is 1. The Balaban J connectivity index is 1.30. The van der Waals surface area contributed by atoms with E-state index in [0.717, 1.165) is 43.4 Å². The Morgan fingerprint density at radius 3 is 2.60 bits per heavy atom. The highest BCUT2D eigenvalue weighted by molar-refractivity contribution is 7.10. The molecule has 1 unspecified atom stereocenters. The van der Waals surface area contributed by atoms with E-state index in [4.69, 9.17) is 4.74 Å². The largest absolute Gasteiger partial charge is 0.494 e. The lowest BCUT2D eigenvalue weighted by atomic mass is 9.88. The molecular formula is C24H30N2O3S. The molecule has 1 N–H and O–H groups in total. The van der Waals surface area contributed by atoms with Crippen molar-refractivity contribution in [1.29, 1.82) is 0 Å². The van der Waals surface area contributed by atoms with E-state index in [9.17, 15) is 9.59 Å². The third-order valence-corrected chi connectivity index (χ3v) is 7.23. The van der Waals surface area contributed by atoms with Crippen LogP contribution in [0.3, 0.4) is 0 Å². The van der Waals surface area contributed by atoms with Crippen molar-refractivity contribution in [3.8, 4) is 5.75 Å². The number of carbonyl (C=O) groups excluding carboxylic acids is 2. The lowest BCUT2D eigenvalue weighted by molar-refractivity contribution is 0.0698. The van der Waals surface area contributed by atoms with Gasteiger partial charge in [-0.25, -0.2) is 0 Å². The Bertz CT molecular complexity index is 898. The second-order valence-corrected chi connectivity index (χ2v) is 9.36. The first-order valence-corrected chi connectivity index (χ1v) is 11.8. The summed E-state index contributed by atoms with van der Waals surface area (Å²) in [6.07, 6.45) is 4.85. The molecule has 1 aromatic carbocycles. The van der Waals surface area contributed by atoms with Crippen LogP contribution in [0.5, 0.6) is 5.75 Å². The van der Waals surface area contributed by atoms with Crippen LogP contribution in [0, 0.1) is 5.92 Å². The van der Waals surface area contributed by atoms with Gasteiger partial charge in [-0.15, -0.1) is 11.3 Å². The zero-order valence-corrected chi connectivity index (χ0v) is 18.6. The van der Waals surface area contributed by atoms with Crippen molar-refractivity contribution in [2.75, 3.05) is 19.7 Å². The number of amides is 2. The summed E-state index contributed by atoms with van der Waals surface area (Å²) in [5, 5.41) is 5.25. The minimum absolute atomic E-state index is 0.0452. The predicted molar refractivity (Wildman–Crippen MR) is 120 cm³/mol. The van der Waals surface area contributed by atoms with Gasteiger partial charge in [-0.3, -0.25) is 9.59 Å². The molecule has 1 aromatic heterocycles.